The molecule has 0 fully saturated rings. The summed E-state index contributed by atoms with van der Waals surface area (Å²) in [4.78, 5) is 10.1. The molecule has 21 heteroatoms. The Bertz CT molecular complexity index is 2420. The van der Waals surface area contributed by atoms with Crippen molar-refractivity contribution in [1.82, 2.24) is 0 Å². The van der Waals surface area contributed by atoms with E-state index < -0.39 is 58.7 Å². The first-order valence-corrected chi connectivity index (χ1v) is 16.4. The van der Waals surface area contributed by atoms with Crippen molar-refractivity contribution in [2.45, 2.75) is 14.7 Å². The minimum absolute atomic E-state index is 0.0248. The summed E-state index contributed by atoms with van der Waals surface area (Å²) in [5.74, 6) is -2.49. The van der Waals surface area contributed by atoms with Gasteiger partial charge >= 0.3 is 5.97 Å². The van der Waals surface area contributed by atoms with Gasteiger partial charge in [-0.05, 0) is 66.0 Å². The first-order chi connectivity index (χ1) is 22.6. The first-order valence-electron chi connectivity index (χ1n) is 12.7. The molecular formula is C27H19N5O13S3. The lowest BCUT2D eigenvalue weighted by atomic mass is 10.1. The second-order valence-electron chi connectivity index (χ2n) is 9.58. The van der Waals surface area contributed by atoms with Gasteiger partial charge in [0, 0.05) is 16.2 Å². The van der Waals surface area contributed by atoms with Crippen LogP contribution in [-0.4, -0.2) is 52.5 Å². The van der Waals surface area contributed by atoms with Crippen LogP contribution in [0.15, 0.2) is 102 Å². The molecule has 0 heterocycles. The fourth-order valence-corrected chi connectivity index (χ4v) is 6.06. The highest BCUT2D eigenvalue weighted by molar-refractivity contribution is 7.94. The molecule has 0 aromatic heterocycles. The molecule has 0 bridgehead atoms. The van der Waals surface area contributed by atoms with Gasteiger partial charge in [0.1, 0.15) is 21.9 Å². The van der Waals surface area contributed by atoms with Gasteiger partial charge in [0.05, 0.1) is 44.6 Å². The molecule has 8 N–H and O–H groups in total. The van der Waals surface area contributed by atoms with E-state index in [0.29, 0.717) is 12.0 Å². The molecule has 0 saturated heterocycles. The van der Waals surface area contributed by atoms with Gasteiger partial charge in [-0.25, -0.2) is 10.1 Å². The highest BCUT2D eigenvalue weighted by Crippen LogP contribution is 2.46. The zero-order chi connectivity index (χ0) is 35.0. The van der Waals surface area contributed by atoms with E-state index in [4.69, 9.17) is 11.0 Å². The molecule has 248 valence electrons. The molecule has 0 aliphatic heterocycles. The van der Waals surface area contributed by atoms with Crippen molar-refractivity contribution in [2.75, 3.05) is 5.73 Å². The number of carboxylic acid groups (broad SMARTS) is 1. The zero-order valence-electron chi connectivity index (χ0n) is 23.5. The van der Waals surface area contributed by atoms with E-state index in [9.17, 15) is 46.1 Å². The average Bonchev–Trinajstić information content (AvgIpc) is 3.02. The van der Waals surface area contributed by atoms with Crippen LogP contribution in [-0.2, 0) is 29.6 Å². The summed E-state index contributed by atoms with van der Waals surface area (Å²) in [6.45, 7) is 0. The third-order valence-corrected chi connectivity index (χ3v) is 8.97. The van der Waals surface area contributed by atoms with E-state index in [1.54, 1.807) is 0 Å². The van der Waals surface area contributed by atoms with Crippen LogP contribution >= 0.6 is 12.0 Å². The summed E-state index contributed by atoms with van der Waals surface area (Å²) in [6, 6.07) is 13.0. The van der Waals surface area contributed by atoms with Crippen LogP contribution in [0.1, 0.15) is 10.4 Å². The van der Waals surface area contributed by atoms with Gasteiger partial charge < -0.3 is 21.1 Å². The predicted octanol–water partition coefficient (Wildman–Crippen LogP) is 6.44. The van der Waals surface area contributed by atoms with Crippen LogP contribution in [0.5, 0.6) is 11.5 Å². The number of aromatic carboxylic acids is 1. The number of nitrogens with two attached hydrogens (primary N) is 1. The van der Waals surface area contributed by atoms with E-state index in [2.05, 4.69) is 29.8 Å². The SMILES string of the molecule is Nc1cc2c(O)c(/N=N/c3ccc(/N=N/c4ccc(O)c(C(=O)O)c4)c4ccc(S(=O)(=O)O)cc34)c(SOOO)cc2cc1S(=O)(=O)O. The second kappa shape index (κ2) is 13.1. The molecule has 5 aromatic carbocycles. The number of benzene rings is 5. The number of carbonyl (C=O) groups is 1. The number of hydrogen-bond donors (Lipinski definition) is 7. The minimum Gasteiger partial charge on any atom is -0.507 e. The van der Waals surface area contributed by atoms with Crippen molar-refractivity contribution < 1.29 is 60.7 Å². The Morgan fingerprint density at radius 1 is 0.771 bits per heavy atom. The van der Waals surface area contributed by atoms with Gasteiger partial charge in [-0.3, -0.25) is 9.11 Å². The van der Waals surface area contributed by atoms with Crippen LogP contribution in [0.3, 0.4) is 0 Å². The van der Waals surface area contributed by atoms with Crippen molar-refractivity contribution in [3.63, 3.8) is 0 Å². The molecule has 0 aliphatic carbocycles. The van der Waals surface area contributed by atoms with Gasteiger partial charge in [-0.1, -0.05) is 11.1 Å². The van der Waals surface area contributed by atoms with Gasteiger partial charge in [0.25, 0.3) is 20.2 Å². The largest absolute Gasteiger partial charge is 0.507 e. The molecule has 0 saturated carbocycles. The standard InChI is InChI=1S/C27H19N5O13S3/c28-19-11-16-12(8-24(19)48(41,42)43)7-23(46-45-44-37)25(26(16)34)32-31-21-5-4-20(15-3-2-14(10-17(15)21)47(38,39)40)30-29-13-1-6-22(33)18(9-13)27(35)36/h1-11,33-34,37H,28H2,(H,35,36)(H,38,39,40)(H,41,42,43)/b30-29+,32-31+. The van der Waals surface area contributed by atoms with Gasteiger partial charge in [-0.2, -0.15) is 21.9 Å². The maximum Gasteiger partial charge on any atom is 0.339 e. The van der Waals surface area contributed by atoms with Crippen LogP contribution in [0.4, 0.5) is 28.4 Å². The Morgan fingerprint density at radius 3 is 2.10 bits per heavy atom. The number of anilines is 1. The zero-order valence-corrected chi connectivity index (χ0v) is 25.9. The topological polar surface area (TPSA) is 301 Å². The quantitative estimate of drug-likeness (QED) is 0.0204. The Morgan fingerprint density at radius 2 is 1.46 bits per heavy atom. The van der Waals surface area contributed by atoms with Crippen molar-refractivity contribution in [1.29, 1.82) is 0 Å². The summed E-state index contributed by atoms with van der Waals surface area (Å²) in [6.07, 6.45) is 0. The van der Waals surface area contributed by atoms with E-state index >= 15 is 0 Å². The highest BCUT2D eigenvalue weighted by atomic mass is 32.2. The number of aromatic hydroxyl groups is 2. The number of carboxylic acids is 1. The normalized spacial score (nSPS) is 12.5. The molecule has 5 aromatic rings. The summed E-state index contributed by atoms with van der Waals surface area (Å²) < 4.78 is 71.0. The molecule has 0 radical (unpaired) electrons. The molecule has 0 atom stereocenters. The molecule has 0 spiro atoms. The maximum atomic E-state index is 12.0. The summed E-state index contributed by atoms with van der Waals surface area (Å²) >= 11 is 0.327. The minimum atomic E-state index is -4.75. The summed E-state index contributed by atoms with van der Waals surface area (Å²) in [5, 5.41) is 59.0. The van der Waals surface area contributed by atoms with Gasteiger partial charge in [0.15, 0.2) is 5.75 Å². The van der Waals surface area contributed by atoms with E-state index in [1.165, 1.54) is 30.3 Å². The van der Waals surface area contributed by atoms with Gasteiger partial charge in [0.2, 0.25) is 0 Å². The van der Waals surface area contributed by atoms with Crippen LogP contribution in [0.2, 0.25) is 0 Å². The summed E-state index contributed by atoms with van der Waals surface area (Å²) in [5.41, 5.74) is 4.82. The van der Waals surface area contributed by atoms with Crippen molar-refractivity contribution in [3.8, 4) is 11.5 Å². The molecule has 0 unspecified atom stereocenters. The van der Waals surface area contributed by atoms with Crippen LogP contribution < -0.4 is 5.73 Å². The number of nitrogen functional groups attached to an aromatic ring is 1. The number of phenols is 2. The number of fused-ring (bicyclic) bond motifs is 2. The Kier molecular flexibility index (Phi) is 9.30. The third kappa shape index (κ3) is 7.02. The monoisotopic (exact) mass is 717 g/mol. The second-order valence-corrected chi connectivity index (χ2v) is 13.1. The fourth-order valence-electron chi connectivity index (χ4n) is 4.43. The molecule has 18 nitrogen and oxygen atoms in total. The van der Waals surface area contributed by atoms with Crippen LogP contribution in [0, 0.1) is 0 Å². The van der Waals surface area contributed by atoms with Crippen molar-refractivity contribution in [2.24, 2.45) is 20.5 Å². The molecular weight excluding hydrogens is 699 g/mol. The maximum absolute atomic E-state index is 12.0. The number of rotatable bonds is 10. The fraction of sp³-hybridized carbons (Fsp3) is 0. The number of phenolic OH excluding ortho intramolecular Hbond substituents is 1. The molecule has 0 aliphatic rings. The van der Waals surface area contributed by atoms with Crippen LogP contribution in [0.25, 0.3) is 21.5 Å². The lowest BCUT2D eigenvalue weighted by molar-refractivity contribution is -0.432. The predicted molar refractivity (Wildman–Crippen MR) is 168 cm³/mol. The number of azo groups is 2. The first kappa shape index (κ1) is 34.1. The van der Waals surface area contributed by atoms with E-state index in [1.807, 2.05) is 0 Å². The molecule has 48 heavy (non-hydrogen) atoms. The van der Waals surface area contributed by atoms with Crippen molar-refractivity contribution >= 4 is 88.2 Å². The lowest BCUT2D eigenvalue weighted by Crippen LogP contribution is -2.03. The Hall–Kier alpha value is -5.26. The lowest BCUT2D eigenvalue weighted by Gasteiger charge is -2.11. The summed E-state index contributed by atoms with van der Waals surface area (Å²) in [7, 11) is -9.45. The van der Waals surface area contributed by atoms with E-state index in [0.717, 1.165) is 36.4 Å². The Labute approximate surface area is 273 Å². The average molecular weight is 718 g/mol. The number of hydrogen-bond acceptors (Lipinski definition) is 16. The molecule has 0 amide bonds. The van der Waals surface area contributed by atoms with Gasteiger partial charge in [-0.15, -0.1) is 19.7 Å². The third-order valence-electron chi connectivity index (χ3n) is 6.59. The highest BCUT2D eigenvalue weighted by Gasteiger charge is 2.21. The van der Waals surface area contributed by atoms with E-state index in [-0.39, 0.29) is 49.2 Å². The molecule has 5 rings (SSSR count). The van der Waals surface area contributed by atoms with Crippen molar-refractivity contribution in [3.05, 3.63) is 72.3 Å². The number of nitrogens with zero attached hydrogens (tertiary/aromatic N) is 4. The smallest absolute Gasteiger partial charge is 0.339 e. The Balaban J connectivity index is 1.66.